The Hall–Kier alpha value is -2.69. The molecular formula is C15H12FN3O. The standard InChI is InChI=1S/C15H12FN3O/c1-9-5-6-17-14(7-9)19-15(20)13-8-10-11(16)3-2-4-12(10)18-13/h2-8,18H,1H3,(H,17,19,20). The van der Waals surface area contributed by atoms with Gasteiger partial charge in [-0.1, -0.05) is 6.07 Å². The van der Waals surface area contributed by atoms with Crippen molar-refractivity contribution in [3.63, 3.8) is 0 Å². The van der Waals surface area contributed by atoms with E-state index in [1.807, 2.05) is 13.0 Å². The molecule has 2 aromatic heterocycles. The number of amides is 1. The summed E-state index contributed by atoms with van der Waals surface area (Å²) in [6.07, 6.45) is 1.62. The number of hydrogen-bond donors (Lipinski definition) is 2. The summed E-state index contributed by atoms with van der Waals surface area (Å²) in [5, 5.41) is 3.07. The number of nitrogens with zero attached hydrogens (tertiary/aromatic N) is 1. The number of halogens is 1. The summed E-state index contributed by atoms with van der Waals surface area (Å²) in [6, 6.07) is 9.78. The van der Waals surface area contributed by atoms with E-state index < -0.39 is 0 Å². The maximum atomic E-state index is 13.6. The number of carbonyl (C=O) groups is 1. The largest absolute Gasteiger partial charge is 0.350 e. The van der Waals surface area contributed by atoms with Gasteiger partial charge in [-0.2, -0.15) is 0 Å². The Kier molecular flexibility index (Phi) is 2.95. The minimum Gasteiger partial charge on any atom is -0.350 e. The fourth-order valence-corrected chi connectivity index (χ4v) is 2.03. The van der Waals surface area contributed by atoms with Crippen LogP contribution in [-0.2, 0) is 0 Å². The zero-order chi connectivity index (χ0) is 14.1. The number of anilines is 1. The van der Waals surface area contributed by atoms with Crippen molar-refractivity contribution in [2.75, 3.05) is 5.32 Å². The van der Waals surface area contributed by atoms with E-state index in [2.05, 4.69) is 15.3 Å². The number of carbonyl (C=O) groups excluding carboxylic acids is 1. The van der Waals surface area contributed by atoms with Crippen LogP contribution >= 0.6 is 0 Å². The van der Waals surface area contributed by atoms with E-state index in [1.165, 1.54) is 12.1 Å². The summed E-state index contributed by atoms with van der Waals surface area (Å²) < 4.78 is 13.6. The minimum atomic E-state index is -0.355. The van der Waals surface area contributed by atoms with Gasteiger partial charge >= 0.3 is 0 Å². The Morgan fingerprint density at radius 1 is 1.30 bits per heavy atom. The molecule has 1 amide bonds. The number of benzene rings is 1. The van der Waals surface area contributed by atoms with E-state index in [0.29, 0.717) is 22.4 Å². The van der Waals surface area contributed by atoms with Gasteiger partial charge in [-0.15, -0.1) is 0 Å². The first kappa shape index (κ1) is 12.3. The molecule has 4 nitrogen and oxygen atoms in total. The molecule has 1 aromatic carbocycles. The first-order valence-electron chi connectivity index (χ1n) is 6.15. The van der Waals surface area contributed by atoms with Crippen molar-refractivity contribution in [2.24, 2.45) is 0 Å². The number of fused-ring (bicyclic) bond motifs is 1. The Morgan fingerprint density at radius 2 is 2.15 bits per heavy atom. The highest BCUT2D eigenvalue weighted by Gasteiger charge is 2.12. The zero-order valence-electron chi connectivity index (χ0n) is 10.8. The van der Waals surface area contributed by atoms with Crippen LogP contribution in [0.15, 0.2) is 42.6 Å². The second-order valence-electron chi connectivity index (χ2n) is 4.56. The third-order valence-corrected chi connectivity index (χ3v) is 3.01. The topological polar surface area (TPSA) is 57.8 Å². The molecule has 0 radical (unpaired) electrons. The molecule has 0 saturated heterocycles. The molecule has 0 bridgehead atoms. The molecule has 2 heterocycles. The quantitative estimate of drug-likeness (QED) is 0.750. The first-order chi connectivity index (χ1) is 9.63. The third kappa shape index (κ3) is 2.25. The number of rotatable bonds is 2. The van der Waals surface area contributed by atoms with E-state index in [-0.39, 0.29) is 11.7 Å². The summed E-state index contributed by atoms with van der Waals surface area (Å²) in [5.74, 6) is -0.237. The normalized spacial score (nSPS) is 10.7. The van der Waals surface area contributed by atoms with Crippen LogP contribution in [0.5, 0.6) is 0 Å². The zero-order valence-corrected chi connectivity index (χ0v) is 10.8. The average molecular weight is 269 g/mol. The highest BCUT2D eigenvalue weighted by molar-refractivity contribution is 6.05. The monoisotopic (exact) mass is 269 g/mol. The van der Waals surface area contributed by atoms with Gasteiger partial charge < -0.3 is 10.3 Å². The maximum absolute atomic E-state index is 13.6. The van der Waals surface area contributed by atoms with Crippen LogP contribution < -0.4 is 5.32 Å². The minimum absolute atomic E-state index is 0.299. The SMILES string of the molecule is Cc1ccnc(NC(=O)c2cc3c(F)cccc3[nH]2)c1. The van der Waals surface area contributed by atoms with Crippen molar-refractivity contribution in [1.82, 2.24) is 9.97 Å². The number of hydrogen-bond acceptors (Lipinski definition) is 2. The van der Waals surface area contributed by atoms with Crippen LogP contribution in [0, 0.1) is 12.7 Å². The average Bonchev–Trinajstić information content (AvgIpc) is 2.84. The second kappa shape index (κ2) is 4.77. The summed E-state index contributed by atoms with van der Waals surface area (Å²) in [7, 11) is 0. The molecule has 0 aliphatic heterocycles. The van der Waals surface area contributed by atoms with Crippen molar-refractivity contribution in [3.8, 4) is 0 Å². The van der Waals surface area contributed by atoms with Crippen molar-refractivity contribution >= 4 is 22.6 Å². The molecule has 0 atom stereocenters. The second-order valence-corrected chi connectivity index (χ2v) is 4.56. The van der Waals surface area contributed by atoms with E-state index >= 15 is 0 Å². The first-order valence-corrected chi connectivity index (χ1v) is 6.15. The molecule has 5 heteroatoms. The predicted molar refractivity (Wildman–Crippen MR) is 75.2 cm³/mol. The Bertz CT molecular complexity index is 795. The number of aromatic nitrogens is 2. The molecule has 0 fully saturated rings. The molecule has 0 spiro atoms. The van der Waals surface area contributed by atoms with Crippen molar-refractivity contribution in [2.45, 2.75) is 6.92 Å². The lowest BCUT2D eigenvalue weighted by Crippen LogP contribution is -2.13. The van der Waals surface area contributed by atoms with E-state index in [1.54, 1.807) is 24.4 Å². The number of H-pyrrole nitrogens is 1. The molecule has 3 rings (SSSR count). The van der Waals surface area contributed by atoms with Crippen LogP contribution in [0.3, 0.4) is 0 Å². The third-order valence-electron chi connectivity index (χ3n) is 3.01. The molecule has 2 N–H and O–H groups in total. The van der Waals surface area contributed by atoms with Crippen LogP contribution in [0.2, 0.25) is 0 Å². The fraction of sp³-hybridized carbons (Fsp3) is 0.0667. The van der Waals surface area contributed by atoms with E-state index in [4.69, 9.17) is 0 Å². The van der Waals surface area contributed by atoms with Crippen molar-refractivity contribution < 1.29 is 9.18 Å². The fourth-order valence-electron chi connectivity index (χ4n) is 2.03. The Labute approximate surface area is 114 Å². The number of aryl methyl sites for hydroxylation is 1. The van der Waals surface area contributed by atoms with Crippen LogP contribution in [0.1, 0.15) is 16.1 Å². The molecular weight excluding hydrogens is 257 g/mol. The highest BCUT2D eigenvalue weighted by atomic mass is 19.1. The number of pyridine rings is 1. The van der Waals surface area contributed by atoms with Crippen molar-refractivity contribution in [1.29, 1.82) is 0 Å². The lowest BCUT2D eigenvalue weighted by atomic mass is 10.2. The predicted octanol–water partition coefficient (Wildman–Crippen LogP) is 3.26. The molecule has 0 saturated carbocycles. The Balaban J connectivity index is 1.91. The van der Waals surface area contributed by atoms with Gasteiger partial charge in [-0.3, -0.25) is 4.79 Å². The number of nitrogens with one attached hydrogen (secondary N) is 2. The summed E-state index contributed by atoms with van der Waals surface area (Å²) in [4.78, 5) is 19.0. The highest BCUT2D eigenvalue weighted by Crippen LogP contribution is 2.19. The van der Waals surface area contributed by atoms with Gasteiger partial charge in [0.25, 0.3) is 5.91 Å². The smallest absolute Gasteiger partial charge is 0.273 e. The molecule has 3 aromatic rings. The Morgan fingerprint density at radius 3 is 2.90 bits per heavy atom. The summed E-state index contributed by atoms with van der Waals surface area (Å²) in [5.41, 5.74) is 1.89. The van der Waals surface area contributed by atoms with E-state index in [0.717, 1.165) is 5.56 Å². The van der Waals surface area contributed by atoms with Crippen LogP contribution in [0.4, 0.5) is 10.2 Å². The van der Waals surface area contributed by atoms with Crippen LogP contribution in [0.25, 0.3) is 10.9 Å². The van der Waals surface area contributed by atoms with Gasteiger partial charge in [0.05, 0.1) is 0 Å². The molecule has 0 aliphatic carbocycles. The van der Waals surface area contributed by atoms with E-state index in [9.17, 15) is 9.18 Å². The molecule has 100 valence electrons. The van der Waals surface area contributed by atoms with Gasteiger partial charge in [0.15, 0.2) is 0 Å². The summed E-state index contributed by atoms with van der Waals surface area (Å²) in [6.45, 7) is 1.91. The molecule has 20 heavy (non-hydrogen) atoms. The lowest BCUT2D eigenvalue weighted by molar-refractivity contribution is 0.102. The van der Waals surface area contributed by atoms with Gasteiger partial charge in [0.1, 0.15) is 17.3 Å². The van der Waals surface area contributed by atoms with Gasteiger partial charge in [-0.25, -0.2) is 9.37 Å². The van der Waals surface area contributed by atoms with Gasteiger partial charge in [0, 0.05) is 17.1 Å². The summed E-state index contributed by atoms with van der Waals surface area (Å²) >= 11 is 0. The van der Waals surface area contributed by atoms with Gasteiger partial charge in [-0.05, 0) is 42.8 Å². The van der Waals surface area contributed by atoms with Crippen molar-refractivity contribution in [3.05, 3.63) is 59.7 Å². The lowest BCUT2D eigenvalue weighted by Gasteiger charge is -2.03. The number of aromatic amines is 1. The maximum Gasteiger partial charge on any atom is 0.273 e. The van der Waals surface area contributed by atoms with Crippen LogP contribution in [-0.4, -0.2) is 15.9 Å². The molecule has 0 unspecified atom stereocenters. The molecule has 0 aliphatic rings. The van der Waals surface area contributed by atoms with Gasteiger partial charge in [0.2, 0.25) is 0 Å².